The van der Waals surface area contributed by atoms with Gasteiger partial charge in [0.1, 0.15) is 18.2 Å². The zero-order valence-electron chi connectivity index (χ0n) is 16.1. The Morgan fingerprint density at radius 3 is 2.37 bits per heavy atom. The Kier molecular flexibility index (Phi) is 6.69. The van der Waals surface area contributed by atoms with Gasteiger partial charge in [0.2, 0.25) is 0 Å². The van der Waals surface area contributed by atoms with Crippen LogP contribution in [0.15, 0.2) is 66.7 Å². The second-order valence-corrected chi connectivity index (χ2v) is 7.11. The molecule has 2 N–H and O–H groups in total. The molecule has 1 amide bonds. The Labute approximate surface area is 178 Å². The molecular formula is C23H19ClFNO4. The van der Waals surface area contributed by atoms with E-state index in [9.17, 15) is 14.0 Å². The van der Waals surface area contributed by atoms with Crippen LogP contribution >= 0.6 is 11.6 Å². The maximum atomic E-state index is 13.0. The summed E-state index contributed by atoms with van der Waals surface area (Å²) in [6, 6.07) is 16.5. The van der Waals surface area contributed by atoms with E-state index in [1.54, 1.807) is 43.3 Å². The summed E-state index contributed by atoms with van der Waals surface area (Å²) in [6.45, 7) is 1.95. The first-order valence-corrected chi connectivity index (χ1v) is 9.52. The molecule has 1 atom stereocenters. The molecule has 1 unspecified atom stereocenters. The summed E-state index contributed by atoms with van der Waals surface area (Å²) in [5.74, 6) is -1.40. The van der Waals surface area contributed by atoms with E-state index < -0.39 is 5.97 Å². The number of halogens is 2. The molecule has 5 nitrogen and oxygen atoms in total. The van der Waals surface area contributed by atoms with Crippen molar-refractivity contribution in [3.8, 4) is 5.75 Å². The molecule has 0 aromatic heterocycles. The Balaban J connectivity index is 1.73. The monoisotopic (exact) mass is 427 g/mol. The quantitative estimate of drug-likeness (QED) is 0.540. The van der Waals surface area contributed by atoms with E-state index in [2.05, 4.69) is 5.32 Å². The molecule has 0 fully saturated rings. The summed E-state index contributed by atoms with van der Waals surface area (Å²) in [4.78, 5) is 23.8. The van der Waals surface area contributed by atoms with E-state index in [0.29, 0.717) is 10.8 Å². The summed E-state index contributed by atoms with van der Waals surface area (Å²) < 4.78 is 18.8. The van der Waals surface area contributed by atoms with E-state index in [-0.39, 0.29) is 35.5 Å². The number of amides is 1. The van der Waals surface area contributed by atoms with Crippen LogP contribution in [0.5, 0.6) is 5.75 Å². The van der Waals surface area contributed by atoms with Crippen LogP contribution in [-0.2, 0) is 6.61 Å². The Morgan fingerprint density at radius 2 is 1.73 bits per heavy atom. The Bertz CT molecular complexity index is 1050. The van der Waals surface area contributed by atoms with Gasteiger partial charge >= 0.3 is 5.97 Å². The molecule has 0 radical (unpaired) electrons. The molecule has 154 valence electrons. The number of carboxylic acids is 1. The molecule has 0 saturated heterocycles. The predicted octanol–water partition coefficient (Wildman–Crippen LogP) is 5.25. The first kappa shape index (κ1) is 21.3. The highest BCUT2D eigenvalue weighted by molar-refractivity contribution is 6.31. The van der Waals surface area contributed by atoms with Crippen LogP contribution in [0.2, 0.25) is 5.02 Å². The van der Waals surface area contributed by atoms with Crippen molar-refractivity contribution in [2.75, 3.05) is 0 Å². The number of hydrogen-bond donors (Lipinski definition) is 2. The molecule has 7 heteroatoms. The van der Waals surface area contributed by atoms with Gasteiger partial charge in [-0.1, -0.05) is 35.9 Å². The van der Waals surface area contributed by atoms with Crippen molar-refractivity contribution < 1.29 is 23.8 Å². The van der Waals surface area contributed by atoms with Crippen LogP contribution < -0.4 is 10.1 Å². The predicted molar refractivity (Wildman–Crippen MR) is 111 cm³/mol. The van der Waals surface area contributed by atoms with Gasteiger partial charge in [-0.25, -0.2) is 9.18 Å². The van der Waals surface area contributed by atoms with Gasteiger partial charge in [-0.05, 0) is 60.5 Å². The molecule has 3 rings (SSSR count). The minimum Gasteiger partial charge on any atom is -0.488 e. The van der Waals surface area contributed by atoms with Gasteiger partial charge in [-0.3, -0.25) is 4.79 Å². The molecule has 0 bridgehead atoms. The van der Waals surface area contributed by atoms with Gasteiger partial charge in [-0.2, -0.15) is 0 Å². The van der Waals surface area contributed by atoms with Crippen LogP contribution in [-0.4, -0.2) is 17.0 Å². The first-order valence-electron chi connectivity index (χ1n) is 9.14. The number of nitrogens with one attached hydrogen (secondary N) is 1. The van der Waals surface area contributed by atoms with E-state index in [1.165, 1.54) is 30.3 Å². The normalized spacial score (nSPS) is 11.6. The lowest BCUT2D eigenvalue weighted by Gasteiger charge is -2.17. The number of rotatable bonds is 7. The van der Waals surface area contributed by atoms with Gasteiger partial charge in [0.25, 0.3) is 5.91 Å². The second kappa shape index (κ2) is 9.41. The van der Waals surface area contributed by atoms with Gasteiger partial charge in [0, 0.05) is 5.02 Å². The summed E-state index contributed by atoms with van der Waals surface area (Å²) in [5.41, 5.74) is 1.94. The van der Waals surface area contributed by atoms with Crippen LogP contribution in [0.3, 0.4) is 0 Å². The van der Waals surface area contributed by atoms with Crippen LogP contribution in [0.4, 0.5) is 4.39 Å². The molecule has 0 aliphatic carbocycles. The van der Waals surface area contributed by atoms with Crippen molar-refractivity contribution in [3.63, 3.8) is 0 Å². The minimum absolute atomic E-state index is 0.161. The topological polar surface area (TPSA) is 75.6 Å². The lowest BCUT2D eigenvalue weighted by Crippen LogP contribution is -2.27. The molecule has 0 saturated carbocycles. The summed E-state index contributed by atoms with van der Waals surface area (Å²) in [7, 11) is 0. The average molecular weight is 428 g/mol. The fourth-order valence-electron chi connectivity index (χ4n) is 2.82. The summed E-state index contributed by atoms with van der Waals surface area (Å²) >= 11 is 6.06. The molecule has 0 heterocycles. The highest BCUT2D eigenvalue weighted by atomic mass is 35.5. The van der Waals surface area contributed by atoms with Gasteiger partial charge < -0.3 is 15.2 Å². The number of benzene rings is 3. The van der Waals surface area contributed by atoms with E-state index in [4.69, 9.17) is 21.4 Å². The number of carboxylic acid groups (broad SMARTS) is 1. The van der Waals surface area contributed by atoms with Crippen molar-refractivity contribution in [1.29, 1.82) is 0 Å². The highest BCUT2D eigenvalue weighted by Crippen LogP contribution is 2.25. The lowest BCUT2D eigenvalue weighted by molar-refractivity contribution is 0.0696. The number of carbonyl (C=O) groups is 2. The first-order chi connectivity index (χ1) is 14.3. The Morgan fingerprint density at radius 1 is 1.07 bits per heavy atom. The van der Waals surface area contributed by atoms with Crippen LogP contribution in [0.25, 0.3) is 0 Å². The molecular weight excluding hydrogens is 409 g/mol. The minimum atomic E-state index is -1.01. The van der Waals surface area contributed by atoms with Crippen molar-refractivity contribution in [3.05, 3.63) is 99.8 Å². The standard InChI is InChI=1S/C23H19ClFNO4/c1-14(16-4-6-17(7-5-16)23(28)29)26-22(27)20-12-18(24)8-11-21(20)30-13-15-2-9-19(25)10-3-15/h2-12,14H,13H2,1H3,(H,26,27)(H,28,29). The fourth-order valence-corrected chi connectivity index (χ4v) is 2.99. The molecule has 30 heavy (non-hydrogen) atoms. The largest absolute Gasteiger partial charge is 0.488 e. The van der Waals surface area contributed by atoms with E-state index in [0.717, 1.165) is 11.1 Å². The third kappa shape index (κ3) is 5.36. The van der Waals surface area contributed by atoms with Gasteiger partial charge in [0.05, 0.1) is 17.2 Å². The third-order valence-corrected chi connectivity index (χ3v) is 4.73. The number of aromatic carboxylic acids is 1. The zero-order valence-corrected chi connectivity index (χ0v) is 16.8. The van der Waals surface area contributed by atoms with Crippen molar-refractivity contribution in [2.24, 2.45) is 0 Å². The SMILES string of the molecule is CC(NC(=O)c1cc(Cl)ccc1OCc1ccc(F)cc1)c1ccc(C(=O)O)cc1. The van der Waals surface area contributed by atoms with Crippen LogP contribution in [0, 0.1) is 5.82 Å². The van der Waals surface area contributed by atoms with Gasteiger partial charge in [0.15, 0.2) is 0 Å². The number of hydrogen-bond acceptors (Lipinski definition) is 3. The van der Waals surface area contributed by atoms with Gasteiger partial charge in [-0.15, -0.1) is 0 Å². The van der Waals surface area contributed by atoms with Crippen molar-refractivity contribution in [2.45, 2.75) is 19.6 Å². The summed E-state index contributed by atoms with van der Waals surface area (Å²) in [6.07, 6.45) is 0. The maximum absolute atomic E-state index is 13.0. The molecule has 3 aromatic carbocycles. The van der Waals surface area contributed by atoms with Crippen molar-refractivity contribution in [1.82, 2.24) is 5.32 Å². The third-order valence-electron chi connectivity index (χ3n) is 4.50. The molecule has 0 aliphatic heterocycles. The summed E-state index contributed by atoms with van der Waals surface area (Å²) in [5, 5.41) is 12.2. The average Bonchev–Trinajstić information content (AvgIpc) is 2.74. The molecule has 0 aliphatic rings. The highest BCUT2D eigenvalue weighted by Gasteiger charge is 2.17. The zero-order chi connectivity index (χ0) is 21.7. The van der Waals surface area contributed by atoms with Crippen molar-refractivity contribution >= 4 is 23.5 Å². The lowest BCUT2D eigenvalue weighted by atomic mass is 10.1. The maximum Gasteiger partial charge on any atom is 0.335 e. The molecule has 3 aromatic rings. The number of carbonyl (C=O) groups excluding carboxylic acids is 1. The molecule has 0 spiro atoms. The van der Waals surface area contributed by atoms with Crippen LogP contribution in [0.1, 0.15) is 44.8 Å². The Hall–Kier alpha value is -3.38. The second-order valence-electron chi connectivity index (χ2n) is 6.68. The smallest absolute Gasteiger partial charge is 0.335 e. The van der Waals surface area contributed by atoms with E-state index >= 15 is 0 Å². The van der Waals surface area contributed by atoms with E-state index in [1.807, 2.05) is 0 Å². The number of ether oxygens (including phenoxy) is 1. The fraction of sp³-hybridized carbons (Fsp3) is 0.130.